The molecule has 0 unspecified atom stereocenters. The summed E-state index contributed by atoms with van der Waals surface area (Å²) in [6.07, 6.45) is 1.25. The molecular weight excluding hydrogens is 369 g/mol. The number of phenolic OH excluding ortho intramolecular Hbond substituents is 1. The van der Waals surface area contributed by atoms with Crippen LogP contribution in [0.4, 0.5) is 4.39 Å². The Bertz CT molecular complexity index is 707. The van der Waals surface area contributed by atoms with Gasteiger partial charge in [-0.1, -0.05) is 42.1 Å². The van der Waals surface area contributed by atoms with Gasteiger partial charge in [-0.3, -0.25) is 0 Å². The second-order valence-corrected chi connectivity index (χ2v) is 6.13. The third-order valence-electron chi connectivity index (χ3n) is 2.65. The lowest BCUT2D eigenvalue weighted by molar-refractivity contribution is 0.465. The molecular formula is C15H13BrFN3OS. The van der Waals surface area contributed by atoms with Gasteiger partial charge in [-0.05, 0) is 27.6 Å². The van der Waals surface area contributed by atoms with Gasteiger partial charge in [-0.25, -0.2) is 4.39 Å². The molecule has 2 rings (SSSR count). The highest BCUT2D eigenvalue weighted by Gasteiger charge is 2.05. The van der Waals surface area contributed by atoms with Crippen molar-refractivity contribution in [2.24, 2.45) is 15.9 Å². The highest BCUT2D eigenvalue weighted by Crippen LogP contribution is 2.26. The molecule has 0 aliphatic carbocycles. The molecule has 0 amide bonds. The van der Waals surface area contributed by atoms with Gasteiger partial charge in [-0.15, -0.1) is 5.10 Å². The molecule has 0 saturated carbocycles. The van der Waals surface area contributed by atoms with E-state index in [1.165, 1.54) is 24.0 Å². The second kappa shape index (κ2) is 7.95. The standard InChI is InChI=1S/C15H13BrFN3OS/c16-12-6-11(13(17)7-14(12)21)8-19-20-15(18)22-9-10-4-2-1-3-5-10/h1-8,21H,9H2,(H2,18,20). The van der Waals surface area contributed by atoms with Gasteiger partial charge in [0.2, 0.25) is 0 Å². The first-order valence-corrected chi connectivity index (χ1v) is 8.05. The summed E-state index contributed by atoms with van der Waals surface area (Å²) in [4.78, 5) is 0. The molecule has 0 saturated heterocycles. The summed E-state index contributed by atoms with van der Waals surface area (Å²) in [5.74, 6) is -0.0728. The topological polar surface area (TPSA) is 71.0 Å². The summed E-state index contributed by atoms with van der Waals surface area (Å²) in [5.41, 5.74) is 7.06. The van der Waals surface area contributed by atoms with E-state index in [1.54, 1.807) is 0 Å². The molecule has 0 aromatic heterocycles. The Balaban J connectivity index is 1.97. The van der Waals surface area contributed by atoms with E-state index < -0.39 is 5.82 Å². The lowest BCUT2D eigenvalue weighted by Gasteiger charge is -2.00. The van der Waals surface area contributed by atoms with Crippen molar-refractivity contribution in [2.45, 2.75) is 5.75 Å². The molecule has 114 valence electrons. The molecule has 2 aromatic rings. The van der Waals surface area contributed by atoms with Gasteiger partial charge in [0.15, 0.2) is 5.17 Å². The first kappa shape index (κ1) is 16.5. The Labute approximate surface area is 140 Å². The van der Waals surface area contributed by atoms with E-state index in [1.807, 2.05) is 30.3 Å². The number of halogens is 2. The third-order valence-corrected chi connectivity index (χ3v) is 4.14. The zero-order valence-corrected chi connectivity index (χ0v) is 13.8. The fourth-order valence-corrected chi connectivity index (χ4v) is 2.53. The monoisotopic (exact) mass is 381 g/mol. The minimum atomic E-state index is -0.588. The van der Waals surface area contributed by atoms with E-state index in [0.29, 0.717) is 15.4 Å². The molecule has 0 bridgehead atoms. The van der Waals surface area contributed by atoms with E-state index in [-0.39, 0.29) is 11.3 Å². The first-order valence-electron chi connectivity index (χ1n) is 6.27. The average molecular weight is 382 g/mol. The van der Waals surface area contributed by atoms with E-state index in [4.69, 9.17) is 5.73 Å². The SMILES string of the molecule is NC(=NN=Cc1cc(Br)c(O)cc1F)SCc1ccccc1. The molecule has 0 atom stereocenters. The molecule has 0 spiro atoms. The van der Waals surface area contributed by atoms with E-state index in [9.17, 15) is 9.50 Å². The number of hydrogen-bond donors (Lipinski definition) is 2. The van der Waals surface area contributed by atoms with E-state index in [2.05, 4.69) is 26.1 Å². The van der Waals surface area contributed by atoms with Gasteiger partial charge in [0, 0.05) is 17.4 Å². The minimum absolute atomic E-state index is 0.170. The first-order chi connectivity index (χ1) is 10.6. The maximum atomic E-state index is 13.6. The number of aromatic hydroxyl groups is 1. The van der Waals surface area contributed by atoms with Crippen LogP contribution in [0, 0.1) is 5.82 Å². The van der Waals surface area contributed by atoms with Crippen LogP contribution in [0.3, 0.4) is 0 Å². The minimum Gasteiger partial charge on any atom is -0.507 e. The average Bonchev–Trinajstić information content (AvgIpc) is 2.51. The molecule has 7 heteroatoms. The zero-order chi connectivity index (χ0) is 15.9. The molecule has 4 nitrogen and oxygen atoms in total. The Kier molecular flexibility index (Phi) is 5.97. The summed E-state index contributed by atoms with van der Waals surface area (Å²) >= 11 is 4.45. The maximum Gasteiger partial charge on any atom is 0.180 e. The van der Waals surface area contributed by atoms with Crippen molar-refractivity contribution in [3.63, 3.8) is 0 Å². The molecule has 2 aromatic carbocycles. The number of nitrogens with zero attached hydrogens (tertiary/aromatic N) is 2. The Morgan fingerprint density at radius 1 is 1.32 bits per heavy atom. The molecule has 0 radical (unpaired) electrons. The van der Waals surface area contributed by atoms with Crippen LogP contribution >= 0.6 is 27.7 Å². The fourth-order valence-electron chi connectivity index (χ4n) is 1.56. The van der Waals surface area contributed by atoms with Gasteiger partial charge in [0.05, 0.1) is 10.7 Å². The van der Waals surface area contributed by atoms with Gasteiger partial charge >= 0.3 is 0 Å². The second-order valence-electron chi connectivity index (χ2n) is 4.28. The van der Waals surface area contributed by atoms with Crippen molar-refractivity contribution in [3.8, 4) is 5.75 Å². The molecule has 22 heavy (non-hydrogen) atoms. The van der Waals surface area contributed by atoms with Crippen LogP contribution in [0.25, 0.3) is 0 Å². The predicted octanol–water partition coefficient (Wildman–Crippen LogP) is 3.88. The largest absolute Gasteiger partial charge is 0.507 e. The predicted molar refractivity (Wildman–Crippen MR) is 92.7 cm³/mol. The highest BCUT2D eigenvalue weighted by molar-refractivity contribution is 9.10. The lowest BCUT2D eigenvalue weighted by Crippen LogP contribution is -2.06. The third kappa shape index (κ3) is 4.85. The van der Waals surface area contributed by atoms with E-state index in [0.717, 1.165) is 11.6 Å². The van der Waals surface area contributed by atoms with Crippen molar-refractivity contribution in [3.05, 3.63) is 63.9 Å². The Morgan fingerprint density at radius 3 is 2.77 bits per heavy atom. The van der Waals surface area contributed by atoms with Crippen LogP contribution < -0.4 is 5.73 Å². The maximum absolute atomic E-state index is 13.6. The van der Waals surface area contributed by atoms with Crippen molar-refractivity contribution in [1.82, 2.24) is 0 Å². The van der Waals surface area contributed by atoms with Crippen LogP contribution in [0.2, 0.25) is 0 Å². The number of amidine groups is 1. The molecule has 0 fully saturated rings. The fraction of sp³-hybridized carbons (Fsp3) is 0.0667. The van der Waals surface area contributed by atoms with Crippen molar-refractivity contribution >= 4 is 39.1 Å². The van der Waals surface area contributed by atoms with Gasteiger partial charge in [0.25, 0.3) is 0 Å². The van der Waals surface area contributed by atoms with Crippen LogP contribution in [-0.2, 0) is 5.75 Å². The summed E-state index contributed by atoms with van der Waals surface area (Å²) < 4.78 is 13.9. The Hall–Kier alpha value is -1.86. The molecule has 0 aliphatic heterocycles. The van der Waals surface area contributed by atoms with Crippen LogP contribution in [0.1, 0.15) is 11.1 Å². The summed E-state index contributed by atoms with van der Waals surface area (Å²) in [7, 11) is 0. The summed E-state index contributed by atoms with van der Waals surface area (Å²) in [6.45, 7) is 0. The number of benzene rings is 2. The number of phenols is 1. The summed E-state index contributed by atoms with van der Waals surface area (Å²) in [6, 6.07) is 12.2. The normalized spacial score (nSPS) is 12.0. The summed E-state index contributed by atoms with van der Waals surface area (Å²) in [5, 5.41) is 17.2. The van der Waals surface area contributed by atoms with Crippen molar-refractivity contribution in [1.29, 1.82) is 0 Å². The van der Waals surface area contributed by atoms with E-state index >= 15 is 0 Å². The van der Waals surface area contributed by atoms with Crippen LogP contribution in [0.5, 0.6) is 5.75 Å². The van der Waals surface area contributed by atoms with Crippen molar-refractivity contribution in [2.75, 3.05) is 0 Å². The molecule has 0 heterocycles. The zero-order valence-electron chi connectivity index (χ0n) is 11.4. The van der Waals surface area contributed by atoms with Crippen LogP contribution in [0.15, 0.2) is 57.1 Å². The molecule has 0 aliphatic rings. The van der Waals surface area contributed by atoms with Gasteiger partial charge in [0.1, 0.15) is 11.6 Å². The highest BCUT2D eigenvalue weighted by atomic mass is 79.9. The Morgan fingerprint density at radius 2 is 2.05 bits per heavy atom. The lowest BCUT2D eigenvalue weighted by atomic mass is 10.2. The number of rotatable bonds is 4. The number of hydrogen-bond acceptors (Lipinski definition) is 4. The van der Waals surface area contributed by atoms with Crippen LogP contribution in [-0.4, -0.2) is 16.5 Å². The van der Waals surface area contributed by atoms with Gasteiger partial charge < -0.3 is 10.8 Å². The molecule has 3 N–H and O–H groups in total. The van der Waals surface area contributed by atoms with Crippen molar-refractivity contribution < 1.29 is 9.50 Å². The number of thioether (sulfide) groups is 1. The smallest absolute Gasteiger partial charge is 0.180 e. The number of nitrogens with two attached hydrogens (primary N) is 1. The van der Waals surface area contributed by atoms with Gasteiger partial charge in [-0.2, -0.15) is 5.10 Å². The quantitative estimate of drug-likeness (QED) is 0.479.